The van der Waals surface area contributed by atoms with Crippen LogP contribution in [0, 0.1) is 0 Å². The van der Waals surface area contributed by atoms with Crippen molar-refractivity contribution in [3.8, 4) is 10.6 Å². The molecule has 0 aliphatic rings. The first-order valence-electron chi connectivity index (χ1n) is 2.72. The van der Waals surface area contributed by atoms with Crippen molar-refractivity contribution in [3.05, 3.63) is 17.9 Å². The normalized spacial score (nSPS) is 10.0. The summed E-state index contributed by atoms with van der Waals surface area (Å²) in [5, 5.41) is 15.0. The number of hydrogen-bond acceptors (Lipinski definition) is 4. The summed E-state index contributed by atoms with van der Waals surface area (Å²) in [4.78, 5) is 0. The van der Waals surface area contributed by atoms with Crippen LogP contribution in [0.5, 0.6) is 0 Å². The molecule has 0 fully saturated rings. The molecule has 10 heavy (non-hydrogen) atoms. The van der Waals surface area contributed by atoms with Gasteiger partial charge in [0.2, 0.25) is 0 Å². The van der Waals surface area contributed by atoms with Gasteiger partial charge >= 0.3 is 0 Å². The Hall–Kier alpha value is -1.23. The highest BCUT2D eigenvalue weighted by molar-refractivity contribution is 7.12. The summed E-state index contributed by atoms with van der Waals surface area (Å²) in [7, 11) is 0. The first-order valence-corrected chi connectivity index (χ1v) is 3.60. The molecule has 0 spiro atoms. The van der Waals surface area contributed by atoms with E-state index in [-0.39, 0.29) is 0 Å². The van der Waals surface area contributed by atoms with Crippen molar-refractivity contribution in [2.45, 2.75) is 0 Å². The lowest BCUT2D eigenvalue weighted by Gasteiger charge is -1.80. The highest BCUT2D eigenvalue weighted by Crippen LogP contribution is 2.17. The van der Waals surface area contributed by atoms with Gasteiger partial charge in [-0.15, -0.1) is 10.2 Å². The van der Waals surface area contributed by atoms with Crippen molar-refractivity contribution >= 4 is 11.3 Å². The lowest BCUT2D eigenvalue weighted by atomic mass is 10.4. The SMILES string of the molecule is c1nnc(-c2cn[nH]c2)s1. The van der Waals surface area contributed by atoms with E-state index in [9.17, 15) is 0 Å². The summed E-state index contributed by atoms with van der Waals surface area (Å²) in [6.07, 6.45) is 3.51. The minimum absolute atomic E-state index is 0.897. The van der Waals surface area contributed by atoms with Crippen molar-refractivity contribution in [2.75, 3.05) is 0 Å². The zero-order valence-corrected chi connectivity index (χ0v) is 5.80. The van der Waals surface area contributed by atoms with Crippen molar-refractivity contribution in [2.24, 2.45) is 0 Å². The Morgan fingerprint density at radius 1 is 1.50 bits per heavy atom. The van der Waals surface area contributed by atoms with Crippen molar-refractivity contribution < 1.29 is 0 Å². The summed E-state index contributed by atoms with van der Waals surface area (Å²) in [5.74, 6) is 0. The molecule has 0 unspecified atom stereocenters. The van der Waals surface area contributed by atoms with E-state index in [1.165, 1.54) is 11.3 Å². The zero-order chi connectivity index (χ0) is 6.81. The Morgan fingerprint density at radius 2 is 2.50 bits per heavy atom. The van der Waals surface area contributed by atoms with Gasteiger partial charge in [0.25, 0.3) is 0 Å². The molecule has 2 aromatic heterocycles. The van der Waals surface area contributed by atoms with Crippen molar-refractivity contribution in [1.82, 2.24) is 20.4 Å². The van der Waals surface area contributed by atoms with Gasteiger partial charge < -0.3 is 0 Å². The van der Waals surface area contributed by atoms with Crippen LogP contribution in [0.4, 0.5) is 0 Å². The quantitative estimate of drug-likeness (QED) is 0.661. The predicted octanol–water partition coefficient (Wildman–Crippen LogP) is 0.928. The van der Waals surface area contributed by atoms with E-state index in [1.54, 1.807) is 17.9 Å². The fourth-order valence-corrected chi connectivity index (χ4v) is 1.20. The number of H-pyrrole nitrogens is 1. The third kappa shape index (κ3) is 0.801. The molecule has 5 heteroatoms. The standard InChI is InChI=1S/C5H4N4S/c1-4(2-7-6-1)5-9-8-3-10-5/h1-3H,(H,6,7). The predicted molar refractivity (Wildman–Crippen MR) is 37.5 cm³/mol. The molecule has 0 saturated heterocycles. The molecule has 2 heterocycles. The highest BCUT2D eigenvalue weighted by Gasteiger charge is 1.99. The summed E-state index contributed by atoms with van der Waals surface area (Å²) >= 11 is 1.50. The molecule has 0 aliphatic carbocycles. The van der Waals surface area contributed by atoms with E-state index in [2.05, 4.69) is 20.4 Å². The summed E-state index contributed by atoms with van der Waals surface area (Å²) in [5.41, 5.74) is 2.69. The fourth-order valence-electron chi connectivity index (χ4n) is 0.667. The fraction of sp³-hybridized carbons (Fsp3) is 0. The third-order valence-electron chi connectivity index (χ3n) is 1.11. The molecule has 2 rings (SSSR count). The second-order valence-electron chi connectivity index (χ2n) is 1.73. The molecule has 0 atom stereocenters. The van der Waals surface area contributed by atoms with Gasteiger partial charge in [-0.1, -0.05) is 11.3 Å². The Balaban J connectivity index is 2.48. The van der Waals surface area contributed by atoms with Crippen LogP contribution in [-0.2, 0) is 0 Å². The van der Waals surface area contributed by atoms with Gasteiger partial charge in [-0.3, -0.25) is 5.10 Å². The molecule has 0 bridgehead atoms. The van der Waals surface area contributed by atoms with Crippen LogP contribution in [0.2, 0.25) is 0 Å². The smallest absolute Gasteiger partial charge is 0.150 e. The maximum atomic E-state index is 3.87. The zero-order valence-electron chi connectivity index (χ0n) is 4.98. The van der Waals surface area contributed by atoms with E-state index in [4.69, 9.17) is 0 Å². The number of hydrogen-bond donors (Lipinski definition) is 1. The number of aromatic nitrogens is 4. The topological polar surface area (TPSA) is 54.5 Å². The minimum atomic E-state index is 0.897. The van der Waals surface area contributed by atoms with Crippen LogP contribution in [0.1, 0.15) is 0 Å². The molecule has 0 saturated carbocycles. The number of rotatable bonds is 1. The molecular weight excluding hydrogens is 148 g/mol. The van der Waals surface area contributed by atoms with Crippen LogP contribution in [0.25, 0.3) is 10.6 Å². The van der Waals surface area contributed by atoms with Crippen molar-refractivity contribution in [1.29, 1.82) is 0 Å². The van der Waals surface area contributed by atoms with E-state index in [1.807, 2.05) is 0 Å². The van der Waals surface area contributed by atoms with Crippen LogP contribution in [-0.4, -0.2) is 20.4 Å². The maximum Gasteiger partial charge on any atom is 0.150 e. The lowest BCUT2D eigenvalue weighted by Crippen LogP contribution is -1.70. The van der Waals surface area contributed by atoms with Gasteiger partial charge in [-0.2, -0.15) is 5.10 Å². The van der Waals surface area contributed by atoms with Gasteiger partial charge in [-0.25, -0.2) is 0 Å². The Labute approximate surface area is 60.9 Å². The maximum absolute atomic E-state index is 3.87. The van der Waals surface area contributed by atoms with Crippen LogP contribution in [0.15, 0.2) is 17.9 Å². The number of nitrogens with one attached hydrogen (secondary N) is 1. The van der Waals surface area contributed by atoms with Crippen LogP contribution in [0.3, 0.4) is 0 Å². The largest absolute Gasteiger partial charge is 0.285 e. The van der Waals surface area contributed by atoms with Gasteiger partial charge in [0.15, 0.2) is 5.01 Å². The molecule has 0 aromatic carbocycles. The average molecular weight is 152 g/mol. The van der Waals surface area contributed by atoms with E-state index in [0.29, 0.717) is 0 Å². The molecule has 50 valence electrons. The second-order valence-corrected chi connectivity index (χ2v) is 2.56. The molecular formula is C5H4N4S. The van der Waals surface area contributed by atoms with E-state index in [0.717, 1.165) is 10.6 Å². The Bertz CT molecular complexity index is 253. The van der Waals surface area contributed by atoms with Gasteiger partial charge in [0.05, 0.1) is 11.8 Å². The Morgan fingerprint density at radius 3 is 3.10 bits per heavy atom. The summed E-state index contributed by atoms with van der Waals surface area (Å²) in [6.45, 7) is 0. The summed E-state index contributed by atoms with van der Waals surface area (Å²) in [6, 6.07) is 0. The molecule has 4 nitrogen and oxygen atoms in total. The molecule has 2 aromatic rings. The first kappa shape index (κ1) is 5.55. The van der Waals surface area contributed by atoms with E-state index < -0.39 is 0 Å². The van der Waals surface area contributed by atoms with Gasteiger partial charge in [0.1, 0.15) is 5.51 Å². The van der Waals surface area contributed by atoms with Gasteiger partial charge in [-0.05, 0) is 0 Å². The van der Waals surface area contributed by atoms with Crippen LogP contribution >= 0.6 is 11.3 Å². The average Bonchev–Trinajstić information content (AvgIpc) is 2.59. The second kappa shape index (κ2) is 2.18. The lowest BCUT2D eigenvalue weighted by molar-refractivity contribution is 1.09. The molecule has 1 N–H and O–H groups in total. The Kier molecular flexibility index (Phi) is 1.21. The third-order valence-corrected chi connectivity index (χ3v) is 1.85. The monoisotopic (exact) mass is 152 g/mol. The molecule has 0 aliphatic heterocycles. The first-order chi connectivity index (χ1) is 4.97. The highest BCUT2D eigenvalue weighted by atomic mass is 32.1. The van der Waals surface area contributed by atoms with E-state index >= 15 is 0 Å². The minimum Gasteiger partial charge on any atom is -0.285 e. The van der Waals surface area contributed by atoms with Crippen LogP contribution < -0.4 is 0 Å². The van der Waals surface area contributed by atoms with Gasteiger partial charge in [0, 0.05) is 6.20 Å². The summed E-state index contributed by atoms with van der Waals surface area (Å²) < 4.78 is 0. The molecule has 0 amide bonds. The number of nitrogens with zero attached hydrogens (tertiary/aromatic N) is 3. The van der Waals surface area contributed by atoms with Crippen molar-refractivity contribution in [3.63, 3.8) is 0 Å². The molecule has 0 radical (unpaired) electrons. The number of aromatic amines is 1.